The van der Waals surface area contributed by atoms with E-state index in [1.807, 2.05) is 11.0 Å². The molecule has 90 valence electrons. The predicted octanol–water partition coefficient (Wildman–Crippen LogP) is 2.17. The number of hydrogen-bond acceptors (Lipinski definition) is 3. The van der Waals surface area contributed by atoms with Crippen LogP contribution >= 0.6 is 34.8 Å². The summed E-state index contributed by atoms with van der Waals surface area (Å²) in [5.74, 6) is 0.629. The lowest BCUT2D eigenvalue weighted by atomic mass is 10.3. The van der Waals surface area contributed by atoms with Gasteiger partial charge < -0.3 is 4.74 Å². The Morgan fingerprint density at radius 2 is 1.82 bits per heavy atom. The second-order valence-electron chi connectivity index (χ2n) is 3.50. The van der Waals surface area contributed by atoms with Gasteiger partial charge in [-0.2, -0.15) is 5.26 Å². The van der Waals surface area contributed by atoms with Gasteiger partial charge in [-0.3, -0.25) is 4.90 Å². The van der Waals surface area contributed by atoms with Gasteiger partial charge in [-0.05, 0) is 11.6 Å². The lowest BCUT2D eigenvalue weighted by Gasteiger charge is -2.22. The summed E-state index contributed by atoms with van der Waals surface area (Å²) in [7, 11) is 0. The maximum atomic E-state index is 8.89. The SMILES string of the molecule is N#Cc1c(Cl)[nH+]c(N2CCOCC2)c(Cl)c1Cl. The number of hydrogen-bond donors (Lipinski definition) is 0. The molecule has 1 saturated heterocycles. The van der Waals surface area contributed by atoms with Crippen LogP contribution in [0.3, 0.4) is 0 Å². The largest absolute Gasteiger partial charge is 0.373 e. The van der Waals surface area contributed by atoms with Crippen molar-refractivity contribution in [3.63, 3.8) is 0 Å². The molecule has 7 heteroatoms. The minimum Gasteiger partial charge on any atom is -0.373 e. The summed E-state index contributed by atoms with van der Waals surface area (Å²) in [5, 5.41) is 9.59. The van der Waals surface area contributed by atoms with Gasteiger partial charge in [0, 0.05) is 0 Å². The van der Waals surface area contributed by atoms with Crippen LogP contribution in [0.4, 0.5) is 5.82 Å². The topological polar surface area (TPSA) is 50.4 Å². The molecule has 1 aliphatic rings. The van der Waals surface area contributed by atoms with Crippen molar-refractivity contribution in [1.82, 2.24) is 0 Å². The van der Waals surface area contributed by atoms with E-state index >= 15 is 0 Å². The monoisotopic (exact) mass is 292 g/mol. The van der Waals surface area contributed by atoms with E-state index in [9.17, 15) is 0 Å². The van der Waals surface area contributed by atoms with E-state index in [-0.39, 0.29) is 15.7 Å². The van der Waals surface area contributed by atoms with Crippen LogP contribution in [-0.4, -0.2) is 26.3 Å². The molecule has 1 aliphatic heterocycles. The standard InChI is InChI=1S/C10H8Cl3N3O/c11-7-6(5-14)9(13)15-10(8(7)12)16-1-3-17-4-2-16/h1-4H2/p+1. The molecule has 0 saturated carbocycles. The Hall–Kier alpha value is -0.730. The zero-order valence-electron chi connectivity index (χ0n) is 8.76. The van der Waals surface area contributed by atoms with E-state index in [4.69, 9.17) is 44.8 Å². The number of aromatic nitrogens is 1. The van der Waals surface area contributed by atoms with Crippen LogP contribution in [0.1, 0.15) is 5.56 Å². The first-order valence-corrected chi connectivity index (χ1v) is 6.11. The molecule has 1 N–H and O–H groups in total. The summed E-state index contributed by atoms with van der Waals surface area (Å²) in [6, 6.07) is 1.91. The smallest absolute Gasteiger partial charge is 0.296 e. The lowest BCUT2D eigenvalue weighted by molar-refractivity contribution is -0.362. The summed E-state index contributed by atoms with van der Waals surface area (Å²) >= 11 is 18.1. The van der Waals surface area contributed by atoms with Gasteiger partial charge in [0.05, 0.1) is 18.2 Å². The van der Waals surface area contributed by atoms with Crippen molar-refractivity contribution in [3.05, 3.63) is 20.8 Å². The highest BCUT2D eigenvalue weighted by Crippen LogP contribution is 2.34. The number of nitriles is 1. The summed E-state index contributed by atoms with van der Waals surface area (Å²) in [4.78, 5) is 4.89. The highest BCUT2D eigenvalue weighted by Gasteiger charge is 2.27. The Morgan fingerprint density at radius 3 is 2.41 bits per heavy atom. The van der Waals surface area contributed by atoms with Gasteiger partial charge in [0.1, 0.15) is 29.7 Å². The van der Waals surface area contributed by atoms with Gasteiger partial charge >= 0.3 is 0 Å². The van der Waals surface area contributed by atoms with E-state index in [0.717, 1.165) is 0 Å². The number of ether oxygens (including phenoxy) is 1. The fraction of sp³-hybridized carbons (Fsp3) is 0.400. The first kappa shape index (κ1) is 12.7. The Kier molecular flexibility index (Phi) is 3.95. The molecule has 2 rings (SSSR count). The molecule has 0 bridgehead atoms. The highest BCUT2D eigenvalue weighted by atomic mass is 35.5. The number of H-pyrrole nitrogens is 1. The van der Waals surface area contributed by atoms with Crippen molar-refractivity contribution < 1.29 is 9.72 Å². The number of aromatic amines is 1. The van der Waals surface area contributed by atoms with Crippen LogP contribution in [0, 0.1) is 11.3 Å². The zero-order chi connectivity index (χ0) is 12.4. The molecule has 0 radical (unpaired) electrons. The summed E-state index contributed by atoms with van der Waals surface area (Å²) in [5.41, 5.74) is 0.162. The molecule has 0 aromatic carbocycles. The molecule has 1 aromatic rings. The van der Waals surface area contributed by atoms with Crippen LogP contribution in [0.25, 0.3) is 0 Å². The third-order valence-corrected chi connectivity index (χ3v) is 3.63. The maximum absolute atomic E-state index is 8.89. The van der Waals surface area contributed by atoms with Crippen molar-refractivity contribution in [2.24, 2.45) is 0 Å². The van der Waals surface area contributed by atoms with E-state index in [2.05, 4.69) is 4.98 Å². The molecule has 1 fully saturated rings. The Balaban J connectivity index is 2.45. The third kappa shape index (κ3) is 2.43. The van der Waals surface area contributed by atoms with E-state index in [1.165, 1.54) is 0 Å². The van der Waals surface area contributed by atoms with Gasteiger partial charge in [-0.25, -0.2) is 4.98 Å². The average molecular weight is 294 g/mol. The molecule has 0 spiro atoms. The van der Waals surface area contributed by atoms with Crippen molar-refractivity contribution in [1.29, 1.82) is 5.26 Å². The van der Waals surface area contributed by atoms with Gasteiger partial charge in [0.15, 0.2) is 0 Å². The van der Waals surface area contributed by atoms with Gasteiger partial charge in [-0.1, -0.05) is 23.2 Å². The average Bonchev–Trinajstić information content (AvgIpc) is 2.35. The molecule has 2 heterocycles. The molecular weight excluding hydrogens is 284 g/mol. The molecular formula is C10H9Cl3N3O+. The molecule has 1 aromatic heterocycles. The van der Waals surface area contributed by atoms with Gasteiger partial charge in [-0.15, -0.1) is 0 Å². The molecule has 0 amide bonds. The van der Waals surface area contributed by atoms with Gasteiger partial charge in [0.2, 0.25) is 5.15 Å². The van der Waals surface area contributed by atoms with Crippen molar-refractivity contribution in [3.8, 4) is 6.07 Å². The minimum atomic E-state index is 0.162. The van der Waals surface area contributed by atoms with Gasteiger partial charge in [0.25, 0.3) is 5.82 Å². The minimum absolute atomic E-state index is 0.162. The van der Waals surface area contributed by atoms with Crippen molar-refractivity contribution in [2.45, 2.75) is 0 Å². The summed E-state index contributed by atoms with van der Waals surface area (Å²) in [6.45, 7) is 2.66. The number of nitrogens with one attached hydrogen (secondary N) is 1. The van der Waals surface area contributed by atoms with Crippen LogP contribution < -0.4 is 9.88 Å². The van der Waals surface area contributed by atoms with Crippen molar-refractivity contribution >= 4 is 40.6 Å². The predicted molar refractivity (Wildman–Crippen MR) is 65.8 cm³/mol. The van der Waals surface area contributed by atoms with E-state index < -0.39 is 0 Å². The fourth-order valence-corrected chi connectivity index (χ4v) is 2.40. The number of nitrogens with zero attached hydrogens (tertiary/aromatic N) is 2. The number of morpholine rings is 1. The second kappa shape index (κ2) is 5.28. The van der Waals surface area contributed by atoms with E-state index in [1.54, 1.807) is 0 Å². The van der Waals surface area contributed by atoms with E-state index in [0.29, 0.717) is 37.1 Å². The van der Waals surface area contributed by atoms with Crippen LogP contribution in [0.15, 0.2) is 0 Å². The Morgan fingerprint density at radius 1 is 1.18 bits per heavy atom. The van der Waals surface area contributed by atoms with Crippen LogP contribution in [0.5, 0.6) is 0 Å². The fourth-order valence-electron chi connectivity index (χ4n) is 1.63. The first-order chi connectivity index (χ1) is 8.15. The highest BCUT2D eigenvalue weighted by molar-refractivity contribution is 6.45. The number of pyridine rings is 1. The summed E-state index contributed by atoms with van der Waals surface area (Å²) in [6.07, 6.45) is 0. The van der Waals surface area contributed by atoms with Crippen LogP contribution in [0.2, 0.25) is 15.2 Å². The van der Waals surface area contributed by atoms with Crippen LogP contribution in [-0.2, 0) is 4.74 Å². The number of anilines is 1. The number of halogens is 3. The first-order valence-electron chi connectivity index (χ1n) is 4.97. The molecule has 0 atom stereocenters. The second-order valence-corrected chi connectivity index (χ2v) is 4.64. The number of rotatable bonds is 1. The third-order valence-electron chi connectivity index (χ3n) is 2.51. The van der Waals surface area contributed by atoms with Crippen molar-refractivity contribution in [2.75, 3.05) is 31.2 Å². The quantitative estimate of drug-likeness (QED) is 0.746. The molecule has 17 heavy (non-hydrogen) atoms. The molecule has 0 unspecified atom stereocenters. The zero-order valence-corrected chi connectivity index (χ0v) is 11.0. The lowest BCUT2D eigenvalue weighted by Crippen LogP contribution is -2.40. The Labute approximate surface area is 114 Å². The Bertz CT molecular complexity index is 481. The normalized spacial score (nSPS) is 15.8. The maximum Gasteiger partial charge on any atom is 0.296 e. The molecule has 0 aliphatic carbocycles. The molecule has 4 nitrogen and oxygen atoms in total. The summed E-state index contributed by atoms with van der Waals surface area (Å²) < 4.78 is 5.25.